The summed E-state index contributed by atoms with van der Waals surface area (Å²) in [6.07, 6.45) is 2.70. The number of para-hydroxylation sites is 1. The molecule has 3 rings (SSSR count). The maximum Gasteiger partial charge on any atom is 0.230 e. The summed E-state index contributed by atoms with van der Waals surface area (Å²) in [5.74, 6) is 0.348. The Kier molecular flexibility index (Phi) is 3.83. The van der Waals surface area contributed by atoms with Gasteiger partial charge in [-0.3, -0.25) is 4.79 Å². The molecule has 1 aliphatic carbocycles. The highest BCUT2D eigenvalue weighted by molar-refractivity contribution is 7.09. The number of anilines is 1. The predicted octanol–water partition coefficient (Wildman–Crippen LogP) is 3.30. The number of benzene rings is 1. The van der Waals surface area contributed by atoms with Crippen LogP contribution in [0.5, 0.6) is 0 Å². The molecule has 1 atom stereocenters. The van der Waals surface area contributed by atoms with Gasteiger partial charge in [-0.1, -0.05) is 18.2 Å². The Morgan fingerprint density at radius 2 is 2.20 bits per heavy atom. The van der Waals surface area contributed by atoms with Crippen molar-refractivity contribution in [3.8, 4) is 0 Å². The standard InChI is InChI=1S/C16H18N2OS/c1-2-18(13-6-4-3-5-7-13)16(19)12-8-9-14-15(10-12)20-11-17-14/h3-7,11-12H,2,8-10H2,1H3. The molecule has 1 amide bonds. The Morgan fingerprint density at radius 1 is 1.40 bits per heavy atom. The fourth-order valence-electron chi connectivity index (χ4n) is 2.81. The monoisotopic (exact) mass is 286 g/mol. The van der Waals surface area contributed by atoms with Crippen LogP contribution in [0, 0.1) is 5.92 Å². The second kappa shape index (κ2) is 5.75. The van der Waals surface area contributed by atoms with Crippen LogP contribution < -0.4 is 4.90 Å². The second-order valence-corrected chi connectivity index (χ2v) is 6.02. The third-order valence-electron chi connectivity index (χ3n) is 3.89. The van der Waals surface area contributed by atoms with Crippen molar-refractivity contribution in [2.75, 3.05) is 11.4 Å². The number of carbonyl (C=O) groups excluding carboxylic acids is 1. The Hall–Kier alpha value is -1.68. The van der Waals surface area contributed by atoms with Crippen molar-refractivity contribution in [2.24, 2.45) is 5.92 Å². The normalized spacial score (nSPS) is 17.6. The van der Waals surface area contributed by atoms with Gasteiger partial charge in [0.05, 0.1) is 11.2 Å². The number of thiazole rings is 1. The van der Waals surface area contributed by atoms with Crippen molar-refractivity contribution in [1.82, 2.24) is 4.98 Å². The van der Waals surface area contributed by atoms with Crippen molar-refractivity contribution >= 4 is 22.9 Å². The molecule has 3 nitrogen and oxygen atoms in total. The van der Waals surface area contributed by atoms with E-state index in [4.69, 9.17) is 0 Å². The molecule has 2 aromatic rings. The molecule has 1 aromatic heterocycles. The summed E-state index contributed by atoms with van der Waals surface area (Å²) in [5.41, 5.74) is 4.09. The van der Waals surface area contributed by atoms with E-state index in [2.05, 4.69) is 4.98 Å². The van der Waals surface area contributed by atoms with Crippen molar-refractivity contribution < 1.29 is 4.79 Å². The average molecular weight is 286 g/mol. The number of hydrogen-bond acceptors (Lipinski definition) is 3. The smallest absolute Gasteiger partial charge is 0.230 e. The number of rotatable bonds is 3. The molecular formula is C16H18N2OS. The van der Waals surface area contributed by atoms with E-state index in [1.54, 1.807) is 11.3 Å². The topological polar surface area (TPSA) is 33.2 Å². The van der Waals surface area contributed by atoms with Gasteiger partial charge in [-0.2, -0.15) is 0 Å². The third kappa shape index (κ3) is 2.48. The fourth-order valence-corrected chi connectivity index (χ4v) is 3.70. The van der Waals surface area contributed by atoms with E-state index in [0.29, 0.717) is 0 Å². The molecule has 0 bridgehead atoms. The first-order valence-corrected chi connectivity index (χ1v) is 7.95. The lowest BCUT2D eigenvalue weighted by Crippen LogP contribution is -2.38. The molecule has 1 aromatic carbocycles. The molecule has 0 N–H and O–H groups in total. The average Bonchev–Trinajstić information content (AvgIpc) is 2.96. The minimum atomic E-state index is 0.100. The van der Waals surface area contributed by atoms with Gasteiger partial charge in [0.25, 0.3) is 0 Å². The van der Waals surface area contributed by atoms with E-state index >= 15 is 0 Å². The molecule has 20 heavy (non-hydrogen) atoms. The van der Waals surface area contributed by atoms with E-state index in [9.17, 15) is 4.79 Å². The van der Waals surface area contributed by atoms with Gasteiger partial charge < -0.3 is 4.90 Å². The highest BCUT2D eigenvalue weighted by Crippen LogP contribution is 2.30. The SMILES string of the molecule is CCN(C(=O)C1CCc2ncsc2C1)c1ccccc1. The van der Waals surface area contributed by atoms with Gasteiger partial charge in [0.1, 0.15) is 0 Å². The van der Waals surface area contributed by atoms with Crippen molar-refractivity contribution in [2.45, 2.75) is 26.2 Å². The summed E-state index contributed by atoms with van der Waals surface area (Å²) in [6, 6.07) is 9.94. The number of nitrogens with zero attached hydrogens (tertiary/aromatic N) is 2. The molecule has 0 fully saturated rings. The lowest BCUT2D eigenvalue weighted by molar-refractivity contribution is -0.122. The number of fused-ring (bicyclic) bond motifs is 1. The van der Waals surface area contributed by atoms with Crippen LogP contribution >= 0.6 is 11.3 Å². The van der Waals surface area contributed by atoms with Crippen LogP contribution in [0.3, 0.4) is 0 Å². The Morgan fingerprint density at radius 3 is 2.95 bits per heavy atom. The summed E-state index contributed by atoms with van der Waals surface area (Å²) in [7, 11) is 0. The van der Waals surface area contributed by atoms with E-state index in [1.165, 1.54) is 10.6 Å². The van der Waals surface area contributed by atoms with Crippen LogP contribution in [0.4, 0.5) is 5.69 Å². The van der Waals surface area contributed by atoms with Crippen LogP contribution in [0.15, 0.2) is 35.8 Å². The lowest BCUT2D eigenvalue weighted by Gasteiger charge is -2.28. The largest absolute Gasteiger partial charge is 0.312 e. The molecule has 0 radical (unpaired) electrons. The maximum atomic E-state index is 12.8. The first-order valence-electron chi connectivity index (χ1n) is 7.07. The molecule has 1 unspecified atom stereocenters. The molecule has 1 aliphatic rings. The van der Waals surface area contributed by atoms with Gasteiger partial charge in [0, 0.05) is 23.0 Å². The summed E-state index contributed by atoms with van der Waals surface area (Å²) in [6.45, 7) is 2.75. The van der Waals surface area contributed by atoms with E-state index < -0.39 is 0 Å². The molecule has 104 valence electrons. The highest BCUT2D eigenvalue weighted by atomic mass is 32.1. The fraction of sp³-hybridized carbons (Fsp3) is 0.375. The highest BCUT2D eigenvalue weighted by Gasteiger charge is 2.29. The summed E-state index contributed by atoms with van der Waals surface area (Å²) < 4.78 is 0. The molecule has 0 saturated heterocycles. The number of aryl methyl sites for hydroxylation is 1. The minimum Gasteiger partial charge on any atom is -0.312 e. The van der Waals surface area contributed by atoms with E-state index in [-0.39, 0.29) is 11.8 Å². The van der Waals surface area contributed by atoms with Gasteiger partial charge in [0.2, 0.25) is 5.91 Å². The van der Waals surface area contributed by atoms with E-state index in [1.807, 2.05) is 47.7 Å². The quantitative estimate of drug-likeness (QED) is 0.867. The molecular weight excluding hydrogens is 268 g/mol. The molecule has 0 aliphatic heterocycles. The van der Waals surface area contributed by atoms with Gasteiger partial charge in [0.15, 0.2) is 0 Å². The third-order valence-corrected chi connectivity index (χ3v) is 4.78. The van der Waals surface area contributed by atoms with Crippen LogP contribution in [-0.2, 0) is 17.6 Å². The van der Waals surface area contributed by atoms with Crippen LogP contribution in [0.25, 0.3) is 0 Å². The molecule has 1 heterocycles. The zero-order valence-electron chi connectivity index (χ0n) is 11.6. The summed E-state index contributed by atoms with van der Waals surface area (Å²) >= 11 is 1.68. The molecule has 4 heteroatoms. The van der Waals surface area contributed by atoms with Crippen molar-refractivity contribution in [3.05, 3.63) is 46.4 Å². The van der Waals surface area contributed by atoms with Crippen LogP contribution in [0.2, 0.25) is 0 Å². The zero-order chi connectivity index (χ0) is 13.9. The van der Waals surface area contributed by atoms with Crippen molar-refractivity contribution in [1.29, 1.82) is 0 Å². The number of carbonyl (C=O) groups is 1. The first-order chi connectivity index (χ1) is 9.79. The maximum absolute atomic E-state index is 12.8. The predicted molar refractivity (Wildman–Crippen MR) is 82.1 cm³/mol. The number of hydrogen-bond donors (Lipinski definition) is 0. The Bertz CT molecular complexity index is 594. The van der Waals surface area contributed by atoms with Gasteiger partial charge >= 0.3 is 0 Å². The zero-order valence-corrected chi connectivity index (χ0v) is 12.4. The Labute approximate surface area is 123 Å². The number of aromatic nitrogens is 1. The lowest BCUT2D eigenvalue weighted by atomic mass is 9.90. The summed E-state index contributed by atoms with van der Waals surface area (Å²) in [5, 5.41) is 0. The van der Waals surface area contributed by atoms with Crippen LogP contribution in [0.1, 0.15) is 23.9 Å². The van der Waals surface area contributed by atoms with Gasteiger partial charge in [-0.15, -0.1) is 11.3 Å². The van der Waals surface area contributed by atoms with Gasteiger partial charge in [-0.05, 0) is 38.3 Å². The van der Waals surface area contributed by atoms with Gasteiger partial charge in [-0.25, -0.2) is 4.98 Å². The minimum absolute atomic E-state index is 0.100. The van der Waals surface area contributed by atoms with Crippen LogP contribution in [-0.4, -0.2) is 17.4 Å². The number of amides is 1. The van der Waals surface area contributed by atoms with Crippen molar-refractivity contribution in [3.63, 3.8) is 0 Å². The molecule has 0 saturated carbocycles. The molecule has 0 spiro atoms. The second-order valence-electron chi connectivity index (χ2n) is 5.08. The Balaban J connectivity index is 1.78. The summed E-state index contributed by atoms with van der Waals surface area (Å²) in [4.78, 5) is 20.3. The van der Waals surface area contributed by atoms with E-state index in [0.717, 1.165) is 31.5 Å². The first kappa shape index (κ1) is 13.3.